The van der Waals surface area contributed by atoms with Crippen LogP contribution in [0.3, 0.4) is 0 Å². The molecule has 1 aromatic heterocycles. The van der Waals surface area contributed by atoms with Gasteiger partial charge in [0.15, 0.2) is 9.84 Å². The van der Waals surface area contributed by atoms with Crippen LogP contribution >= 0.6 is 0 Å². The van der Waals surface area contributed by atoms with Crippen LogP contribution in [0, 0.1) is 5.92 Å². The van der Waals surface area contributed by atoms with Gasteiger partial charge in [-0.15, -0.1) is 0 Å². The number of hydrogen-bond acceptors (Lipinski definition) is 4. The molecule has 1 aliphatic heterocycles. The molecule has 1 atom stereocenters. The molecule has 0 aromatic carbocycles. The van der Waals surface area contributed by atoms with Crippen molar-refractivity contribution < 1.29 is 13.2 Å². The number of carbonyl (C=O) groups excluding carboxylic acids is 1. The van der Waals surface area contributed by atoms with E-state index in [-0.39, 0.29) is 23.3 Å². The van der Waals surface area contributed by atoms with E-state index in [4.69, 9.17) is 0 Å². The molecule has 1 unspecified atom stereocenters. The first-order valence-corrected chi connectivity index (χ1v) is 7.83. The van der Waals surface area contributed by atoms with Gasteiger partial charge in [0.05, 0.1) is 23.8 Å². The van der Waals surface area contributed by atoms with Crippen molar-refractivity contribution in [1.29, 1.82) is 0 Å². The highest BCUT2D eigenvalue weighted by atomic mass is 32.2. The van der Waals surface area contributed by atoms with Crippen LogP contribution in [0.2, 0.25) is 0 Å². The lowest BCUT2D eigenvalue weighted by Crippen LogP contribution is -2.32. The quantitative estimate of drug-likeness (QED) is 0.754. The molecule has 1 aliphatic rings. The first-order chi connectivity index (χ1) is 8.57. The smallest absolute Gasteiger partial charge is 0.224 e. The van der Waals surface area contributed by atoms with Gasteiger partial charge in [-0.2, -0.15) is 0 Å². The first kappa shape index (κ1) is 13.1. The average molecular weight is 271 g/mol. The summed E-state index contributed by atoms with van der Waals surface area (Å²) in [6, 6.07) is 0. The second-order valence-electron chi connectivity index (χ2n) is 4.55. The van der Waals surface area contributed by atoms with Gasteiger partial charge in [-0.3, -0.25) is 4.79 Å². The molecule has 6 nitrogen and oxygen atoms in total. The van der Waals surface area contributed by atoms with E-state index < -0.39 is 9.84 Å². The van der Waals surface area contributed by atoms with Gasteiger partial charge < -0.3 is 9.88 Å². The molecule has 1 amide bonds. The molecule has 0 bridgehead atoms. The normalized spacial score (nSPS) is 21.9. The zero-order valence-corrected chi connectivity index (χ0v) is 10.9. The van der Waals surface area contributed by atoms with E-state index in [0.29, 0.717) is 13.0 Å². The van der Waals surface area contributed by atoms with Gasteiger partial charge in [0.1, 0.15) is 0 Å². The Kier molecular flexibility index (Phi) is 4.00. The molecule has 100 valence electrons. The number of amides is 1. The fourth-order valence-electron chi connectivity index (χ4n) is 2.04. The van der Waals surface area contributed by atoms with E-state index in [0.717, 1.165) is 13.0 Å². The van der Waals surface area contributed by atoms with E-state index >= 15 is 0 Å². The summed E-state index contributed by atoms with van der Waals surface area (Å²) in [4.78, 5) is 15.6. The van der Waals surface area contributed by atoms with Crippen LogP contribution in [-0.4, -0.2) is 41.9 Å². The summed E-state index contributed by atoms with van der Waals surface area (Å²) in [6.45, 7) is 1.36. The van der Waals surface area contributed by atoms with Crippen LogP contribution in [-0.2, 0) is 21.2 Å². The van der Waals surface area contributed by atoms with Crippen molar-refractivity contribution in [1.82, 2.24) is 14.9 Å². The molecule has 2 heterocycles. The zero-order chi connectivity index (χ0) is 13.0. The van der Waals surface area contributed by atoms with E-state index in [1.165, 1.54) is 0 Å². The van der Waals surface area contributed by atoms with Gasteiger partial charge in [-0.1, -0.05) is 0 Å². The Bertz CT molecular complexity index is 496. The molecule has 0 saturated carbocycles. The van der Waals surface area contributed by atoms with Crippen molar-refractivity contribution in [3.8, 4) is 0 Å². The number of imidazole rings is 1. The third-order valence-electron chi connectivity index (χ3n) is 3.05. The van der Waals surface area contributed by atoms with Crippen molar-refractivity contribution >= 4 is 15.7 Å². The fourth-order valence-corrected chi connectivity index (χ4v) is 3.78. The Morgan fingerprint density at radius 3 is 2.94 bits per heavy atom. The maximum absolute atomic E-state index is 11.7. The summed E-state index contributed by atoms with van der Waals surface area (Å²) in [5.74, 6) is -0.356. The molecule has 2 rings (SSSR count). The Balaban J connectivity index is 1.66. The molecule has 7 heteroatoms. The fraction of sp³-hybridized carbons (Fsp3) is 0.636. The standard InChI is InChI=1S/C11H17N3O3S/c15-11(10-2-7-18(16,17)8-10)13-3-1-5-14-6-4-12-9-14/h4,6,9-10H,1-3,5,7-8H2,(H,13,15). The Labute approximate surface area is 106 Å². The average Bonchev–Trinajstić information content (AvgIpc) is 2.93. The largest absolute Gasteiger partial charge is 0.356 e. The molecule has 0 spiro atoms. The van der Waals surface area contributed by atoms with Crippen LogP contribution in [0.5, 0.6) is 0 Å². The van der Waals surface area contributed by atoms with Gasteiger partial charge in [-0.25, -0.2) is 13.4 Å². The monoisotopic (exact) mass is 271 g/mol. The van der Waals surface area contributed by atoms with E-state index in [1.807, 2.05) is 10.8 Å². The Morgan fingerprint density at radius 1 is 1.50 bits per heavy atom. The second-order valence-corrected chi connectivity index (χ2v) is 6.77. The van der Waals surface area contributed by atoms with Crippen LogP contribution in [0.1, 0.15) is 12.8 Å². The summed E-state index contributed by atoms with van der Waals surface area (Å²) >= 11 is 0. The number of carbonyl (C=O) groups is 1. The highest BCUT2D eigenvalue weighted by molar-refractivity contribution is 7.91. The molecule has 0 radical (unpaired) electrons. The molecular formula is C11H17N3O3S. The van der Waals surface area contributed by atoms with Crippen molar-refractivity contribution in [2.45, 2.75) is 19.4 Å². The molecule has 1 N–H and O–H groups in total. The number of hydrogen-bond donors (Lipinski definition) is 1. The van der Waals surface area contributed by atoms with Gasteiger partial charge in [0.2, 0.25) is 5.91 Å². The highest BCUT2D eigenvalue weighted by Crippen LogP contribution is 2.18. The van der Waals surface area contributed by atoms with Crippen LogP contribution < -0.4 is 5.32 Å². The number of nitrogens with one attached hydrogen (secondary N) is 1. The summed E-state index contributed by atoms with van der Waals surface area (Å²) in [6.07, 6.45) is 6.57. The lowest BCUT2D eigenvalue weighted by molar-refractivity contribution is -0.124. The third-order valence-corrected chi connectivity index (χ3v) is 4.82. The van der Waals surface area contributed by atoms with Crippen molar-refractivity contribution in [3.63, 3.8) is 0 Å². The van der Waals surface area contributed by atoms with E-state index in [9.17, 15) is 13.2 Å². The first-order valence-electron chi connectivity index (χ1n) is 6.01. The maximum atomic E-state index is 11.7. The summed E-state index contributed by atoms with van der Waals surface area (Å²) in [5, 5.41) is 2.79. The highest BCUT2D eigenvalue weighted by Gasteiger charge is 2.32. The van der Waals surface area contributed by atoms with E-state index in [1.54, 1.807) is 12.5 Å². The lowest BCUT2D eigenvalue weighted by atomic mass is 10.1. The van der Waals surface area contributed by atoms with E-state index in [2.05, 4.69) is 10.3 Å². The summed E-state index contributed by atoms with van der Waals surface area (Å²) < 4.78 is 24.4. The molecule has 1 aromatic rings. The minimum absolute atomic E-state index is 0.000351. The predicted molar refractivity (Wildman–Crippen MR) is 66.6 cm³/mol. The van der Waals surface area contributed by atoms with Crippen molar-refractivity contribution in [2.24, 2.45) is 5.92 Å². The van der Waals surface area contributed by atoms with Gasteiger partial charge in [-0.05, 0) is 12.8 Å². The minimum Gasteiger partial charge on any atom is -0.356 e. The molecule has 18 heavy (non-hydrogen) atoms. The third kappa shape index (κ3) is 3.56. The maximum Gasteiger partial charge on any atom is 0.224 e. The Morgan fingerprint density at radius 2 is 2.33 bits per heavy atom. The van der Waals surface area contributed by atoms with Gasteiger partial charge >= 0.3 is 0 Å². The van der Waals surface area contributed by atoms with Gasteiger partial charge in [0.25, 0.3) is 0 Å². The predicted octanol–water partition coefficient (Wildman–Crippen LogP) is -0.176. The van der Waals surface area contributed by atoms with Crippen molar-refractivity contribution in [3.05, 3.63) is 18.7 Å². The number of rotatable bonds is 5. The molecule has 1 saturated heterocycles. The number of aromatic nitrogens is 2. The Hall–Kier alpha value is -1.37. The van der Waals surface area contributed by atoms with Crippen molar-refractivity contribution in [2.75, 3.05) is 18.1 Å². The van der Waals surface area contributed by atoms with Crippen LogP contribution in [0.4, 0.5) is 0 Å². The molecule has 1 fully saturated rings. The number of nitrogens with zero attached hydrogens (tertiary/aromatic N) is 2. The lowest BCUT2D eigenvalue weighted by Gasteiger charge is -2.09. The van der Waals surface area contributed by atoms with Crippen LogP contribution in [0.15, 0.2) is 18.7 Å². The zero-order valence-electron chi connectivity index (χ0n) is 10.1. The number of sulfone groups is 1. The molecule has 0 aliphatic carbocycles. The number of aryl methyl sites for hydroxylation is 1. The summed E-state index contributed by atoms with van der Waals surface area (Å²) in [7, 11) is -2.98. The van der Waals surface area contributed by atoms with Gasteiger partial charge in [0, 0.05) is 25.5 Å². The second kappa shape index (κ2) is 5.51. The minimum atomic E-state index is -2.98. The summed E-state index contributed by atoms with van der Waals surface area (Å²) in [5.41, 5.74) is 0. The SMILES string of the molecule is O=C(NCCCn1ccnc1)C1CCS(=O)(=O)C1. The topological polar surface area (TPSA) is 81.1 Å². The van der Waals surface area contributed by atoms with Crippen LogP contribution in [0.25, 0.3) is 0 Å². The molecular weight excluding hydrogens is 254 g/mol.